The molecule has 1 nitrogen and oxygen atoms in total. The summed E-state index contributed by atoms with van der Waals surface area (Å²) < 4.78 is -0.0213. The lowest BCUT2D eigenvalue weighted by atomic mass is 9.86. The summed E-state index contributed by atoms with van der Waals surface area (Å²) in [4.78, 5) is 12.3. The Morgan fingerprint density at radius 2 is 2.08 bits per heavy atom. The molecule has 0 aromatic rings. The lowest BCUT2D eigenvalue weighted by molar-refractivity contribution is -0.126. The minimum Gasteiger partial charge on any atom is -0.298 e. The van der Waals surface area contributed by atoms with Crippen molar-refractivity contribution in [2.45, 2.75) is 50.7 Å². The molecule has 13 heavy (non-hydrogen) atoms. The van der Waals surface area contributed by atoms with Gasteiger partial charge in [0.25, 0.3) is 0 Å². The maximum Gasteiger partial charge on any atom is 0.154 e. The summed E-state index contributed by atoms with van der Waals surface area (Å²) in [5.41, 5.74) is 0.117. The first-order valence-electron chi connectivity index (χ1n) is 5.32. The van der Waals surface area contributed by atoms with E-state index in [0.717, 1.165) is 25.7 Å². The number of carbonyl (C=O) groups is 1. The summed E-state index contributed by atoms with van der Waals surface area (Å²) >= 11 is 1.89. The van der Waals surface area contributed by atoms with Gasteiger partial charge in [-0.05, 0) is 44.8 Å². The van der Waals surface area contributed by atoms with Gasteiger partial charge in [-0.1, -0.05) is 6.92 Å². The molecule has 1 unspecified atom stereocenters. The average molecular weight is 198 g/mol. The average Bonchev–Trinajstić information content (AvgIpc) is 2.82. The van der Waals surface area contributed by atoms with Gasteiger partial charge in [-0.3, -0.25) is 4.79 Å². The third-order valence-electron chi connectivity index (χ3n) is 3.71. The van der Waals surface area contributed by atoms with Gasteiger partial charge in [-0.15, -0.1) is 11.8 Å². The maximum absolute atomic E-state index is 12.3. The highest BCUT2D eigenvalue weighted by molar-refractivity contribution is 8.01. The van der Waals surface area contributed by atoms with E-state index in [1.54, 1.807) is 0 Å². The van der Waals surface area contributed by atoms with Crippen LogP contribution in [0.3, 0.4) is 0 Å². The van der Waals surface area contributed by atoms with Gasteiger partial charge in [0.15, 0.2) is 5.78 Å². The van der Waals surface area contributed by atoms with Crippen molar-refractivity contribution in [3.8, 4) is 0 Å². The second kappa shape index (κ2) is 3.01. The molecule has 1 saturated heterocycles. The maximum atomic E-state index is 12.3. The zero-order valence-electron chi connectivity index (χ0n) is 8.56. The van der Waals surface area contributed by atoms with Crippen molar-refractivity contribution in [2.75, 3.05) is 5.75 Å². The summed E-state index contributed by atoms with van der Waals surface area (Å²) in [5, 5.41) is 0. The first kappa shape index (κ1) is 9.57. The van der Waals surface area contributed by atoms with E-state index in [0.29, 0.717) is 5.78 Å². The van der Waals surface area contributed by atoms with Crippen LogP contribution >= 0.6 is 11.8 Å². The highest BCUT2D eigenvalue weighted by atomic mass is 32.2. The second-order valence-corrected chi connectivity index (χ2v) is 6.24. The number of thioether (sulfide) groups is 1. The van der Waals surface area contributed by atoms with Crippen LogP contribution in [0.2, 0.25) is 0 Å². The van der Waals surface area contributed by atoms with E-state index in [9.17, 15) is 4.79 Å². The van der Waals surface area contributed by atoms with Gasteiger partial charge in [0.05, 0.1) is 4.75 Å². The Labute approximate surface area is 84.7 Å². The number of ketones is 1. The molecule has 0 amide bonds. The molecule has 1 atom stereocenters. The largest absolute Gasteiger partial charge is 0.298 e. The van der Waals surface area contributed by atoms with Crippen molar-refractivity contribution in [1.82, 2.24) is 0 Å². The smallest absolute Gasteiger partial charge is 0.154 e. The third-order valence-corrected chi connectivity index (χ3v) is 5.23. The predicted octanol–water partition coefficient (Wildman–Crippen LogP) is 3.03. The normalized spacial score (nSPS) is 36.2. The molecular formula is C11H18OS. The molecule has 0 aromatic carbocycles. The van der Waals surface area contributed by atoms with Crippen LogP contribution in [0.15, 0.2) is 0 Å². The van der Waals surface area contributed by atoms with E-state index in [-0.39, 0.29) is 10.2 Å². The van der Waals surface area contributed by atoms with Gasteiger partial charge in [0.2, 0.25) is 0 Å². The number of Topliss-reactive ketones (excluding diaryl/α,β-unsaturated/α-hetero) is 1. The summed E-state index contributed by atoms with van der Waals surface area (Å²) in [6.45, 7) is 4.32. The molecule has 1 saturated carbocycles. The van der Waals surface area contributed by atoms with Crippen LogP contribution in [0.5, 0.6) is 0 Å². The number of carbonyl (C=O) groups excluding carboxylic acids is 1. The number of hydrogen-bond acceptors (Lipinski definition) is 2. The molecule has 0 radical (unpaired) electrons. The zero-order chi connectivity index (χ0) is 9.53. The van der Waals surface area contributed by atoms with E-state index in [1.807, 2.05) is 11.8 Å². The van der Waals surface area contributed by atoms with Gasteiger partial charge >= 0.3 is 0 Å². The van der Waals surface area contributed by atoms with Crippen LogP contribution < -0.4 is 0 Å². The Bertz CT molecular complexity index is 224. The summed E-state index contributed by atoms with van der Waals surface area (Å²) in [6.07, 6.45) is 5.70. The van der Waals surface area contributed by atoms with E-state index in [1.165, 1.54) is 12.2 Å². The Kier molecular flexibility index (Phi) is 2.22. The lowest BCUT2D eigenvalue weighted by Gasteiger charge is -2.26. The van der Waals surface area contributed by atoms with Crippen molar-refractivity contribution < 1.29 is 4.79 Å². The van der Waals surface area contributed by atoms with Crippen LogP contribution in [0, 0.1) is 5.41 Å². The lowest BCUT2D eigenvalue weighted by Crippen LogP contribution is -2.35. The SMILES string of the molecule is CCC1(C(=O)C2(C)CCCS2)CC1. The van der Waals surface area contributed by atoms with Crippen LogP contribution in [0.1, 0.15) is 46.0 Å². The van der Waals surface area contributed by atoms with E-state index >= 15 is 0 Å². The minimum absolute atomic E-state index is 0.0213. The molecule has 0 spiro atoms. The van der Waals surface area contributed by atoms with E-state index in [2.05, 4.69) is 13.8 Å². The second-order valence-electron chi connectivity index (χ2n) is 4.65. The molecule has 1 aliphatic heterocycles. The van der Waals surface area contributed by atoms with Crippen molar-refractivity contribution in [1.29, 1.82) is 0 Å². The summed E-state index contributed by atoms with van der Waals surface area (Å²) in [6, 6.07) is 0. The third kappa shape index (κ3) is 1.43. The van der Waals surface area contributed by atoms with Gasteiger partial charge in [-0.2, -0.15) is 0 Å². The molecule has 74 valence electrons. The summed E-state index contributed by atoms with van der Waals surface area (Å²) in [5.74, 6) is 1.74. The highest BCUT2D eigenvalue weighted by Crippen LogP contribution is 2.55. The van der Waals surface area contributed by atoms with Crippen LogP contribution in [0.4, 0.5) is 0 Å². The molecule has 0 aromatic heterocycles. The van der Waals surface area contributed by atoms with Gasteiger partial charge in [0.1, 0.15) is 0 Å². The molecule has 2 rings (SSSR count). The number of rotatable bonds is 3. The van der Waals surface area contributed by atoms with Crippen LogP contribution in [-0.4, -0.2) is 16.3 Å². The predicted molar refractivity (Wildman–Crippen MR) is 57.1 cm³/mol. The molecule has 2 fully saturated rings. The van der Waals surface area contributed by atoms with E-state index < -0.39 is 0 Å². The molecule has 0 N–H and O–H groups in total. The Hall–Kier alpha value is 0.0200. The first-order valence-corrected chi connectivity index (χ1v) is 6.30. The fraction of sp³-hybridized carbons (Fsp3) is 0.909. The monoisotopic (exact) mass is 198 g/mol. The zero-order valence-corrected chi connectivity index (χ0v) is 9.38. The van der Waals surface area contributed by atoms with Crippen molar-refractivity contribution in [2.24, 2.45) is 5.41 Å². The quantitative estimate of drug-likeness (QED) is 0.693. The van der Waals surface area contributed by atoms with Crippen molar-refractivity contribution in [3.63, 3.8) is 0 Å². The molecule has 2 aliphatic rings. The fourth-order valence-electron chi connectivity index (χ4n) is 2.41. The fourth-order valence-corrected chi connectivity index (χ4v) is 3.79. The van der Waals surface area contributed by atoms with Crippen molar-refractivity contribution >= 4 is 17.5 Å². The van der Waals surface area contributed by atoms with Gasteiger partial charge < -0.3 is 0 Å². The first-order chi connectivity index (χ1) is 6.13. The highest BCUT2D eigenvalue weighted by Gasteiger charge is 2.54. The molecule has 2 heteroatoms. The van der Waals surface area contributed by atoms with Gasteiger partial charge in [0, 0.05) is 5.41 Å². The Balaban J connectivity index is 2.12. The van der Waals surface area contributed by atoms with Crippen LogP contribution in [0.25, 0.3) is 0 Å². The molecule has 0 bridgehead atoms. The van der Waals surface area contributed by atoms with Crippen LogP contribution in [-0.2, 0) is 4.79 Å². The minimum atomic E-state index is -0.0213. The topological polar surface area (TPSA) is 17.1 Å². The molecule has 1 heterocycles. The summed E-state index contributed by atoms with van der Waals surface area (Å²) in [7, 11) is 0. The van der Waals surface area contributed by atoms with Crippen molar-refractivity contribution in [3.05, 3.63) is 0 Å². The molecular weight excluding hydrogens is 180 g/mol. The number of hydrogen-bond donors (Lipinski definition) is 0. The van der Waals surface area contributed by atoms with E-state index in [4.69, 9.17) is 0 Å². The molecule has 1 aliphatic carbocycles. The Morgan fingerprint density at radius 1 is 1.38 bits per heavy atom. The van der Waals surface area contributed by atoms with Gasteiger partial charge in [-0.25, -0.2) is 0 Å². The Morgan fingerprint density at radius 3 is 2.46 bits per heavy atom. The standard InChI is InChI=1S/C11H18OS/c1-3-11(6-7-11)9(12)10(2)5-4-8-13-10/h3-8H2,1-2H3.